The third-order valence-corrected chi connectivity index (χ3v) is 5.69. The first kappa shape index (κ1) is 22.2. The van der Waals surface area contributed by atoms with Gasteiger partial charge in [-0.05, 0) is 35.6 Å². The topological polar surface area (TPSA) is 96.3 Å². The van der Waals surface area contributed by atoms with Crippen LogP contribution in [0.4, 0.5) is 0 Å². The van der Waals surface area contributed by atoms with Crippen molar-refractivity contribution < 1.29 is 28.5 Å². The van der Waals surface area contributed by atoms with Gasteiger partial charge in [-0.2, -0.15) is 0 Å². The zero-order valence-corrected chi connectivity index (χ0v) is 18.8. The number of esters is 1. The van der Waals surface area contributed by atoms with Crippen molar-refractivity contribution >= 4 is 22.6 Å². The van der Waals surface area contributed by atoms with Gasteiger partial charge in [-0.3, -0.25) is 9.59 Å². The van der Waals surface area contributed by atoms with Gasteiger partial charge in [0.25, 0.3) is 5.56 Å². The van der Waals surface area contributed by atoms with Crippen LogP contribution in [0, 0.1) is 0 Å². The number of aromatic nitrogens is 1. The Labute approximate surface area is 190 Å². The molecule has 0 atom stereocenters. The van der Waals surface area contributed by atoms with Gasteiger partial charge in [-0.25, -0.2) is 14.5 Å². The van der Waals surface area contributed by atoms with E-state index in [0.29, 0.717) is 58.5 Å². The number of fused-ring (bicyclic) bond motifs is 1. The summed E-state index contributed by atoms with van der Waals surface area (Å²) in [5, 5.41) is 2.19. The highest BCUT2D eigenvalue weighted by atomic mass is 16.5. The Morgan fingerprint density at radius 2 is 1.55 bits per heavy atom. The Balaban J connectivity index is 2.19. The summed E-state index contributed by atoms with van der Waals surface area (Å²) in [6.07, 6.45) is 0.873. The average Bonchev–Trinajstić information content (AvgIpc) is 3.27. The molecule has 0 aliphatic carbocycles. The quantitative estimate of drug-likeness (QED) is 0.531. The number of benzene rings is 2. The molecule has 0 unspecified atom stereocenters. The van der Waals surface area contributed by atoms with Crippen LogP contribution in [0.3, 0.4) is 0 Å². The summed E-state index contributed by atoms with van der Waals surface area (Å²) in [5.41, 5.74) is 0.417. The molecule has 0 N–H and O–H groups in total. The molecule has 1 amide bonds. The van der Waals surface area contributed by atoms with E-state index in [0.717, 1.165) is 4.68 Å². The van der Waals surface area contributed by atoms with Gasteiger partial charge in [0.2, 0.25) is 11.7 Å². The van der Waals surface area contributed by atoms with Crippen LogP contribution in [0.2, 0.25) is 0 Å². The zero-order valence-electron chi connectivity index (χ0n) is 18.8. The normalized spacial score (nSPS) is 13.3. The highest BCUT2D eigenvalue weighted by Crippen LogP contribution is 2.43. The summed E-state index contributed by atoms with van der Waals surface area (Å²) < 4.78 is 22.6. The minimum atomic E-state index is -0.749. The molecule has 2 heterocycles. The Kier molecular flexibility index (Phi) is 5.95. The van der Waals surface area contributed by atoms with Crippen molar-refractivity contribution in [2.75, 3.05) is 40.0 Å². The predicted octanol–water partition coefficient (Wildman–Crippen LogP) is 2.74. The second kappa shape index (κ2) is 8.85. The van der Waals surface area contributed by atoms with Crippen LogP contribution < -0.4 is 24.8 Å². The summed E-state index contributed by atoms with van der Waals surface area (Å²) in [4.78, 5) is 39.3. The summed E-state index contributed by atoms with van der Waals surface area (Å²) in [6.45, 7) is 0.315. The molecular formula is C24H24N2O7. The number of pyridine rings is 1. The van der Waals surface area contributed by atoms with Crippen LogP contribution in [-0.2, 0) is 9.53 Å². The van der Waals surface area contributed by atoms with Crippen LogP contribution >= 0.6 is 0 Å². The molecule has 0 saturated carbocycles. The maximum atomic E-state index is 13.5. The van der Waals surface area contributed by atoms with Gasteiger partial charge in [0.1, 0.15) is 0 Å². The number of nitrogens with zero attached hydrogens (tertiary/aromatic N) is 2. The van der Waals surface area contributed by atoms with Gasteiger partial charge in [0, 0.05) is 23.9 Å². The number of rotatable bonds is 6. The molecule has 4 rings (SSSR count). The molecule has 1 saturated heterocycles. The highest BCUT2D eigenvalue weighted by Gasteiger charge is 2.32. The second-order valence-electron chi connectivity index (χ2n) is 7.41. The van der Waals surface area contributed by atoms with Crippen molar-refractivity contribution in [2.24, 2.45) is 0 Å². The van der Waals surface area contributed by atoms with Gasteiger partial charge < -0.3 is 18.9 Å². The number of hydrogen-bond acceptors (Lipinski definition) is 7. The number of methoxy groups -OCH3 is 4. The largest absolute Gasteiger partial charge is 0.493 e. The van der Waals surface area contributed by atoms with E-state index in [1.165, 1.54) is 33.4 Å². The minimum Gasteiger partial charge on any atom is -0.493 e. The van der Waals surface area contributed by atoms with Gasteiger partial charge in [-0.1, -0.05) is 18.2 Å². The first-order valence-corrected chi connectivity index (χ1v) is 10.3. The monoisotopic (exact) mass is 452 g/mol. The fourth-order valence-electron chi connectivity index (χ4n) is 4.22. The lowest BCUT2D eigenvalue weighted by atomic mass is 9.96. The first-order chi connectivity index (χ1) is 16.0. The van der Waals surface area contributed by atoms with Gasteiger partial charge in [-0.15, -0.1) is 0 Å². The Morgan fingerprint density at radius 1 is 0.909 bits per heavy atom. The van der Waals surface area contributed by atoms with E-state index < -0.39 is 11.5 Å². The summed E-state index contributed by atoms with van der Waals surface area (Å²) >= 11 is 0. The van der Waals surface area contributed by atoms with Gasteiger partial charge in [0.05, 0.1) is 28.4 Å². The fraction of sp³-hybridized carbons (Fsp3) is 0.292. The molecule has 0 radical (unpaired) electrons. The van der Waals surface area contributed by atoms with E-state index in [4.69, 9.17) is 18.9 Å². The van der Waals surface area contributed by atoms with E-state index in [1.807, 2.05) is 0 Å². The average molecular weight is 452 g/mol. The molecule has 1 fully saturated rings. The van der Waals surface area contributed by atoms with E-state index in [-0.39, 0.29) is 11.6 Å². The van der Waals surface area contributed by atoms with Crippen molar-refractivity contribution in [3.63, 3.8) is 0 Å². The van der Waals surface area contributed by atoms with Crippen molar-refractivity contribution in [3.05, 3.63) is 52.4 Å². The molecule has 1 aliphatic heterocycles. The Morgan fingerprint density at radius 3 is 2.06 bits per heavy atom. The highest BCUT2D eigenvalue weighted by molar-refractivity contribution is 6.07. The minimum absolute atomic E-state index is 0.0503. The lowest BCUT2D eigenvalue weighted by Crippen LogP contribution is -2.46. The Hall–Kier alpha value is -4.01. The maximum absolute atomic E-state index is 13.5. The molecular weight excluding hydrogens is 428 g/mol. The summed E-state index contributed by atoms with van der Waals surface area (Å²) in [6, 6.07) is 10.3. The molecule has 0 bridgehead atoms. The summed E-state index contributed by atoms with van der Waals surface area (Å²) in [7, 11) is 5.71. The Bertz CT molecular complexity index is 1290. The second-order valence-corrected chi connectivity index (χ2v) is 7.41. The van der Waals surface area contributed by atoms with Gasteiger partial charge >= 0.3 is 5.97 Å². The number of amides is 1. The standard InChI is InChI=1S/C24H24N2O7/c1-30-17-12-14(13-18(31-2)22(17)32-3)20-15-8-5-6-9-16(15)23(28)26(21(20)24(29)33-4)25-11-7-10-19(25)27/h5-6,8-9,12-13H,7,10-11H2,1-4H3. The lowest BCUT2D eigenvalue weighted by molar-refractivity contribution is -0.118. The molecule has 2 aromatic carbocycles. The SMILES string of the molecule is COC(=O)c1c(-c2cc(OC)c(OC)c(OC)c2)c2ccccc2c(=O)n1N1CCCC1=O. The van der Waals surface area contributed by atoms with Crippen molar-refractivity contribution in [3.8, 4) is 28.4 Å². The third-order valence-electron chi connectivity index (χ3n) is 5.69. The van der Waals surface area contributed by atoms with Crippen molar-refractivity contribution in [2.45, 2.75) is 12.8 Å². The fourth-order valence-corrected chi connectivity index (χ4v) is 4.22. The number of carbonyl (C=O) groups excluding carboxylic acids is 2. The smallest absolute Gasteiger partial charge is 0.357 e. The lowest BCUT2D eigenvalue weighted by Gasteiger charge is -2.25. The van der Waals surface area contributed by atoms with E-state index in [1.54, 1.807) is 36.4 Å². The van der Waals surface area contributed by atoms with Crippen LogP contribution in [0.5, 0.6) is 17.2 Å². The first-order valence-electron chi connectivity index (χ1n) is 10.3. The number of ether oxygens (including phenoxy) is 4. The van der Waals surface area contributed by atoms with Crippen LogP contribution in [0.1, 0.15) is 23.3 Å². The molecule has 9 nitrogen and oxygen atoms in total. The molecule has 9 heteroatoms. The van der Waals surface area contributed by atoms with E-state index in [9.17, 15) is 14.4 Å². The molecule has 1 aromatic heterocycles. The molecule has 3 aromatic rings. The molecule has 33 heavy (non-hydrogen) atoms. The third kappa shape index (κ3) is 3.55. The molecule has 0 spiro atoms. The summed E-state index contributed by atoms with van der Waals surface area (Å²) in [5.74, 6) is 0.147. The van der Waals surface area contributed by atoms with E-state index in [2.05, 4.69) is 0 Å². The van der Waals surface area contributed by atoms with E-state index >= 15 is 0 Å². The van der Waals surface area contributed by atoms with Crippen molar-refractivity contribution in [1.29, 1.82) is 0 Å². The van der Waals surface area contributed by atoms with Crippen LogP contribution in [0.25, 0.3) is 21.9 Å². The van der Waals surface area contributed by atoms with Gasteiger partial charge in [0.15, 0.2) is 17.2 Å². The van der Waals surface area contributed by atoms with Crippen molar-refractivity contribution in [1.82, 2.24) is 4.68 Å². The predicted molar refractivity (Wildman–Crippen MR) is 122 cm³/mol. The van der Waals surface area contributed by atoms with Crippen LogP contribution in [-0.4, -0.2) is 51.5 Å². The zero-order chi connectivity index (χ0) is 23.7. The maximum Gasteiger partial charge on any atom is 0.357 e. The number of carbonyl (C=O) groups is 2. The number of hydrogen-bond donors (Lipinski definition) is 0. The molecule has 1 aliphatic rings. The van der Waals surface area contributed by atoms with Crippen LogP contribution in [0.15, 0.2) is 41.2 Å². The molecule has 172 valence electrons.